The van der Waals surface area contributed by atoms with E-state index in [2.05, 4.69) is 39.7 Å². The molecule has 2 rings (SSSR count). The van der Waals surface area contributed by atoms with Crippen LogP contribution < -0.4 is 0 Å². The largest absolute Gasteiger partial charge is 0.396 e. The predicted molar refractivity (Wildman–Crippen MR) is 82.4 cm³/mol. The molecular formula is C16H27N3O2. The van der Waals surface area contributed by atoms with Gasteiger partial charge in [0.2, 0.25) is 0 Å². The molecule has 0 aromatic carbocycles. The maximum absolute atomic E-state index is 12.6. The fourth-order valence-electron chi connectivity index (χ4n) is 2.78. The van der Waals surface area contributed by atoms with Gasteiger partial charge in [0.05, 0.1) is 5.54 Å². The Balaban J connectivity index is 2.27. The lowest BCUT2D eigenvalue weighted by Gasteiger charge is -2.23. The molecule has 0 aliphatic carbocycles. The smallest absolute Gasteiger partial charge is 0.274 e. The van der Waals surface area contributed by atoms with Gasteiger partial charge in [-0.2, -0.15) is 5.10 Å². The molecular weight excluding hydrogens is 266 g/mol. The molecule has 5 nitrogen and oxygen atoms in total. The quantitative estimate of drug-likeness (QED) is 0.929. The molecule has 1 aromatic rings. The predicted octanol–water partition coefficient (Wildman–Crippen LogP) is 2.22. The van der Waals surface area contributed by atoms with E-state index in [1.165, 1.54) is 0 Å². The van der Waals surface area contributed by atoms with E-state index in [0.717, 1.165) is 12.1 Å². The summed E-state index contributed by atoms with van der Waals surface area (Å²) in [5, 5.41) is 13.8. The lowest BCUT2D eigenvalue weighted by Crippen LogP contribution is -2.30. The van der Waals surface area contributed by atoms with Crippen molar-refractivity contribution in [2.45, 2.75) is 52.5 Å². The minimum absolute atomic E-state index is 0.0177. The number of amides is 1. The monoisotopic (exact) mass is 293 g/mol. The fourth-order valence-corrected chi connectivity index (χ4v) is 2.78. The molecule has 0 saturated carbocycles. The second kappa shape index (κ2) is 5.79. The normalized spacial score (nSPS) is 19.6. The molecule has 0 bridgehead atoms. The van der Waals surface area contributed by atoms with Crippen LogP contribution in [0.3, 0.4) is 0 Å². The van der Waals surface area contributed by atoms with Crippen LogP contribution in [0.5, 0.6) is 0 Å². The van der Waals surface area contributed by atoms with Gasteiger partial charge in [-0.05, 0) is 39.2 Å². The van der Waals surface area contributed by atoms with Crippen molar-refractivity contribution in [3.8, 4) is 0 Å². The van der Waals surface area contributed by atoms with E-state index in [-0.39, 0.29) is 24.0 Å². The van der Waals surface area contributed by atoms with Crippen LogP contribution in [-0.4, -0.2) is 45.4 Å². The Hall–Kier alpha value is -1.36. The van der Waals surface area contributed by atoms with Crippen LogP contribution in [0.1, 0.15) is 63.1 Å². The molecule has 0 spiro atoms. The summed E-state index contributed by atoms with van der Waals surface area (Å²) in [4.78, 5) is 14.4. The molecule has 1 amide bonds. The highest BCUT2D eigenvalue weighted by Gasteiger charge is 2.30. The molecule has 1 saturated heterocycles. The van der Waals surface area contributed by atoms with Crippen LogP contribution in [0.25, 0.3) is 0 Å². The van der Waals surface area contributed by atoms with Crippen molar-refractivity contribution in [1.82, 2.24) is 14.7 Å². The number of carbonyl (C=O) groups excluding carboxylic acids is 1. The molecule has 118 valence electrons. The lowest BCUT2D eigenvalue weighted by atomic mass is 10.1. The Bertz CT molecular complexity index is 514. The summed E-state index contributed by atoms with van der Waals surface area (Å²) in [7, 11) is 0. The Labute approximate surface area is 126 Å². The standard InChI is InChI=1S/C16H27N3O2/c1-11(2)14-8-13(17-19(14)16(3,4)5)15(21)18-7-6-12(9-18)10-20/h8,11-12,20H,6-7,9-10H2,1-5H3. The first-order valence-electron chi connectivity index (χ1n) is 7.74. The third kappa shape index (κ3) is 3.28. The van der Waals surface area contributed by atoms with Crippen LogP contribution in [-0.2, 0) is 5.54 Å². The van der Waals surface area contributed by atoms with Crippen LogP contribution in [0.4, 0.5) is 0 Å². The molecule has 5 heteroatoms. The molecule has 1 unspecified atom stereocenters. The van der Waals surface area contributed by atoms with Gasteiger partial charge in [-0.25, -0.2) is 0 Å². The average Bonchev–Trinajstić information content (AvgIpc) is 3.04. The molecule has 1 N–H and O–H groups in total. The number of hydrogen-bond acceptors (Lipinski definition) is 3. The molecule has 1 aliphatic heterocycles. The van der Waals surface area contributed by atoms with E-state index in [1.807, 2.05) is 10.7 Å². The third-order valence-electron chi connectivity index (χ3n) is 4.01. The molecule has 0 radical (unpaired) electrons. The molecule has 21 heavy (non-hydrogen) atoms. The molecule has 1 aliphatic rings. The van der Waals surface area contributed by atoms with Crippen molar-refractivity contribution >= 4 is 5.91 Å². The van der Waals surface area contributed by atoms with Crippen molar-refractivity contribution in [2.75, 3.05) is 19.7 Å². The van der Waals surface area contributed by atoms with Crippen molar-refractivity contribution in [3.63, 3.8) is 0 Å². The number of aliphatic hydroxyl groups excluding tert-OH is 1. The minimum Gasteiger partial charge on any atom is -0.396 e. The van der Waals surface area contributed by atoms with E-state index in [4.69, 9.17) is 0 Å². The third-order valence-corrected chi connectivity index (χ3v) is 4.01. The highest BCUT2D eigenvalue weighted by molar-refractivity contribution is 5.92. The van der Waals surface area contributed by atoms with Gasteiger partial charge in [-0.3, -0.25) is 9.48 Å². The first-order chi connectivity index (χ1) is 9.74. The van der Waals surface area contributed by atoms with Gasteiger partial charge < -0.3 is 10.0 Å². The minimum atomic E-state index is -0.142. The van der Waals surface area contributed by atoms with Gasteiger partial charge >= 0.3 is 0 Å². The zero-order valence-electron chi connectivity index (χ0n) is 13.8. The Morgan fingerprint density at radius 1 is 1.48 bits per heavy atom. The second-order valence-corrected chi connectivity index (χ2v) is 7.28. The molecule has 1 aromatic heterocycles. The number of likely N-dealkylation sites (tertiary alicyclic amines) is 1. The topological polar surface area (TPSA) is 58.4 Å². The average molecular weight is 293 g/mol. The first kappa shape index (κ1) is 16.0. The summed E-state index contributed by atoms with van der Waals surface area (Å²) in [5.74, 6) is 0.515. The number of aromatic nitrogens is 2. The van der Waals surface area contributed by atoms with E-state index >= 15 is 0 Å². The zero-order chi connectivity index (χ0) is 15.8. The number of rotatable bonds is 3. The summed E-state index contributed by atoms with van der Waals surface area (Å²) in [5.41, 5.74) is 1.47. The highest BCUT2D eigenvalue weighted by Crippen LogP contribution is 2.25. The summed E-state index contributed by atoms with van der Waals surface area (Å²) >= 11 is 0. The molecule has 1 atom stereocenters. The number of carbonyl (C=O) groups is 1. The highest BCUT2D eigenvalue weighted by atomic mass is 16.3. The van der Waals surface area contributed by atoms with E-state index in [0.29, 0.717) is 24.7 Å². The van der Waals surface area contributed by atoms with E-state index < -0.39 is 0 Å². The van der Waals surface area contributed by atoms with Crippen molar-refractivity contribution in [2.24, 2.45) is 5.92 Å². The van der Waals surface area contributed by atoms with E-state index in [9.17, 15) is 9.90 Å². The Morgan fingerprint density at radius 3 is 2.57 bits per heavy atom. The maximum atomic E-state index is 12.6. The van der Waals surface area contributed by atoms with Gasteiger partial charge in [0, 0.05) is 31.3 Å². The van der Waals surface area contributed by atoms with Gasteiger partial charge in [0.1, 0.15) is 0 Å². The summed E-state index contributed by atoms with van der Waals surface area (Å²) in [6.45, 7) is 12.0. The van der Waals surface area contributed by atoms with Gasteiger partial charge in [0.25, 0.3) is 5.91 Å². The number of hydrogen-bond donors (Lipinski definition) is 1. The van der Waals surface area contributed by atoms with Crippen molar-refractivity contribution in [1.29, 1.82) is 0 Å². The molecule has 1 fully saturated rings. The Morgan fingerprint density at radius 2 is 2.14 bits per heavy atom. The fraction of sp³-hybridized carbons (Fsp3) is 0.750. The Kier molecular flexibility index (Phi) is 4.42. The summed E-state index contributed by atoms with van der Waals surface area (Å²) in [6, 6.07) is 1.92. The number of nitrogens with zero attached hydrogens (tertiary/aromatic N) is 3. The summed E-state index contributed by atoms with van der Waals surface area (Å²) < 4.78 is 1.96. The van der Waals surface area contributed by atoms with Gasteiger partial charge in [-0.15, -0.1) is 0 Å². The zero-order valence-corrected chi connectivity index (χ0v) is 13.8. The first-order valence-corrected chi connectivity index (χ1v) is 7.74. The van der Waals surface area contributed by atoms with Crippen LogP contribution >= 0.6 is 0 Å². The van der Waals surface area contributed by atoms with Crippen molar-refractivity contribution in [3.05, 3.63) is 17.5 Å². The van der Waals surface area contributed by atoms with Gasteiger partial charge in [-0.1, -0.05) is 13.8 Å². The SMILES string of the molecule is CC(C)c1cc(C(=O)N2CCC(CO)C2)nn1C(C)(C)C. The van der Waals surface area contributed by atoms with E-state index in [1.54, 1.807) is 4.90 Å². The van der Waals surface area contributed by atoms with Crippen LogP contribution in [0, 0.1) is 5.92 Å². The number of aliphatic hydroxyl groups is 1. The maximum Gasteiger partial charge on any atom is 0.274 e. The second-order valence-electron chi connectivity index (χ2n) is 7.28. The lowest BCUT2D eigenvalue weighted by molar-refractivity contribution is 0.0774. The van der Waals surface area contributed by atoms with Gasteiger partial charge in [0.15, 0.2) is 5.69 Å². The summed E-state index contributed by atoms with van der Waals surface area (Å²) in [6.07, 6.45) is 0.874. The van der Waals surface area contributed by atoms with Crippen LogP contribution in [0.15, 0.2) is 6.07 Å². The van der Waals surface area contributed by atoms with Crippen molar-refractivity contribution < 1.29 is 9.90 Å². The molecule has 2 heterocycles. The van der Waals surface area contributed by atoms with Crippen LogP contribution in [0.2, 0.25) is 0 Å².